The van der Waals surface area contributed by atoms with Gasteiger partial charge in [-0.1, -0.05) is 79.1 Å². The van der Waals surface area contributed by atoms with E-state index < -0.39 is 0 Å². The van der Waals surface area contributed by atoms with Gasteiger partial charge in [0, 0.05) is 39.3 Å². The Balaban J connectivity index is 2.97. The van der Waals surface area contributed by atoms with Gasteiger partial charge in [-0.25, -0.2) is 0 Å². The molecule has 0 aliphatic carbocycles. The highest BCUT2D eigenvalue weighted by Crippen LogP contribution is 2.19. The van der Waals surface area contributed by atoms with Gasteiger partial charge in [0.05, 0.1) is 0 Å². The van der Waals surface area contributed by atoms with E-state index in [1.54, 1.807) is 0 Å². The molecule has 0 unspecified atom stereocenters. The van der Waals surface area contributed by atoms with E-state index in [1.165, 1.54) is 44.9 Å². The zero-order valence-corrected chi connectivity index (χ0v) is 22.8. The van der Waals surface area contributed by atoms with Gasteiger partial charge in [-0.2, -0.15) is 15.0 Å². The molecule has 198 valence electrons. The number of rotatable bonds is 23. The number of aliphatic hydroxyl groups is 1. The Morgan fingerprint density at radius 1 is 0.559 bits per heavy atom. The van der Waals surface area contributed by atoms with Crippen molar-refractivity contribution < 1.29 is 5.11 Å². The van der Waals surface area contributed by atoms with Crippen molar-refractivity contribution in [2.45, 2.75) is 118 Å². The van der Waals surface area contributed by atoms with E-state index in [0.717, 1.165) is 95.5 Å². The maximum Gasteiger partial charge on any atom is 0.231 e. The Kier molecular flexibility index (Phi) is 18.5. The summed E-state index contributed by atoms with van der Waals surface area (Å²) in [6.07, 6.45) is 16.1. The molecule has 1 aromatic heterocycles. The molecule has 7 nitrogen and oxygen atoms in total. The van der Waals surface area contributed by atoms with E-state index in [0.29, 0.717) is 6.61 Å². The van der Waals surface area contributed by atoms with E-state index in [1.807, 2.05) is 0 Å². The number of hydrogen-bond acceptors (Lipinski definition) is 7. The molecule has 0 spiro atoms. The molecule has 0 aliphatic heterocycles. The number of aromatic nitrogens is 3. The third kappa shape index (κ3) is 13.3. The maximum atomic E-state index is 8.91. The van der Waals surface area contributed by atoms with Crippen molar-refractivity contribution in [3.8, 4) is 0 Å². The van der Waals surface area contributed by atoms with Crippen molar-refractivity contribution in [1.82, 2.24) is 15.0 Å². The molecule has 0 aromatic carbocycles. The molecular weight excluding hydrogens is 424 g/mol. The summed E-state index contributed by atoms with van der Waals surface area (Å²) < 4.78 is 0. The highest BCUT2D eigenvalue weighted by Gasteiger charge is 2.17. The maximum absolute atomic E-state index is 8.91. The predicted molar refractivity (Wildman–Crippen MR) is 147 cm³/mol. The minimum Gasteiger partial charge on any atom is -0.396 e. The molecule has 7 heteroatoms. The Morgan fingerprint density at radius 2 is 0.971 bits per heavy atom. The van der Waals surface area contributed by atoms with Crippen LogP contribution in [-0.2, 0) is 0 Å². The van der Waals surface area contributed by atoms with Gasteiger partial charge in [-0.15, -0.1) is 0 Å². The van der Waals surface area contributed by atoms with E-state index in [4.69, 9.17) is 20.1 Å². The second-order valence-corrected chi connectivity index (χ2v) is 9.42. The Bertz CT molecular complexity index is 546. The molecule has 2 N–H and O–H groups in total. The van der Waals surface area contributed by atoms with Crippen LogP contribution >= 0.6 is 0 Å². The Morgan fingerprint density at radius 3 is 1.38 bits per heavy atom. The average molecular weight is 479 g/mol. The van der Waals surface area contributed by atoms with Crippen molar-refractivity contribution in [3.63, 3.8) is 0 Å². The smallest absolute Gasteiger partial charge is 0.231 e. The number of aliphatic hydroxyl groups excluding tert-OH is 1. The van der Waals surface area contributed by atoms with Crippen LogP contribution in [0.3, 0.4) is 0 Å². The van der Waals surface area contributed by atoms with Crippen molar-refractivity contribution in [1.29, 1.82) is 0 Å². The highest BCUT2D eigenvalue weighted by atomic mass is 16.2. The standard InChI is InChI=1S/C27H54N6O/c1-5-9-20-32(21-10-6-2)26-29-25(28-19-17-15-13-14-16-18-24-34)30-27(31-26)33(22-11-7-3)23-12-8-4/h34H,5-24H2,1-4H3,(H,28,29,30,31). The summed E-state index contributed by atoms with van der Waals surface area (Å²) in [5.41, 5.74) is 0. The number of nitrogens with one attached hydrogen (secondary N) is 1. The molecule has 0 amide bonds. The first-order valence-electron chi connectivity index (χ1n) is 14.3. The zero-order valence-electron chi connectivity index (χ0n) is 22.8. The van der Waals surface area contributed by atoms with Crippen molar-refractivity contribution in [2.24, 2.45) is 0 Å². The molecule has 0 radical (unpaired) electrons. The van der Waals surface area contributed by atoms with E-state index in [9.17, 15) is 0 Å². The van der Waals surface area contributed by atoms with Crippen molar-refractivity contribution in [2.75, 3.05) is 54.4 Å². The van der Waals surface area contributed by atoms with Crippen LogP contribution in [-0.4, -0.2) is 59.4 Å². The van der Waals surface area contributed by atoms with Crippen LogP contribution in [0.2, 0.25) is 0 Å². The normalized spacial score (nSPS) is 11.1. The number of unbranched alkanes of at least 4 members (excludes halogenated alkanes) is 9. The predicted octanol–water partition coefficient (Wildman–Crippen LogP) is 6.43. The third-order valence-corrected chi connectivity index (χ3v) is 6.17. The van der Waals surface area contributed by atoms with Crippen LogP contribution in [0.25, 0.3) is 0 Å². The lowest BCUT2D eigenvalue weighted by Crippen LogP contribution is -2.32. The number of anilines is 3. The minimum atomic E-state index is 0.312. The Hall–Kier alpha value is -1.63. The van der Waals surface area contributed by atoms with Gasteiger partial charge < -0.3 is 20.2 Å². The molecular formula is C27H54N6O. The SMILES string of the molecule is CCCCN(CCCC)c1nc(NCCCCCCCCO)nc(N(CCCC)CCCC)n1. The van der Waals surface area contributed by atoms with Crippen LogP contribution in [0, 0.1) is 0 Å². The molecule has 0 atom stereocenters. The first-order valence-corrected chi connectivity index (χ1v) is 14.3. The second-order valence-electron chi connectivity index (χ2n) is 9.42. The topological polar surface area (TPSA) is 77.4 Å². The lowest BCUT2D eigenvalue weighted by Gasteiger charge is -2.26. The summed E-state index contributed by atoms with van der Waals surface area (Å²) in [6.45, 7) is 14.2. The number of hydrogen-bond donors (Lipinski definition) is 2. The molecule has 1 rings (SSSR count). The summed E-state index contributed by atoms with van der Waals surface area (Å²) in [5.74, 6) is 2.38. The monoisotopic (exact) mass is 478 g/mol. The van der Waals surface area contributed by atoms with E-state index in [-0.39, 0.29) is 0 Å². The van der Waals surface area contributed by atoms with Crippen LogP contribution in [0.5, 0.6) is 0 Å². The molecule has 0 saturated carbocycles. The highest BCUT2D eigenvalue weighted by molar-refractivity contribution is 5.45. The van der Waals surface area contributed by atoms with Crippen LogP contribution in [0.4, 0.5) is 17.8 Å². The largest absolute Gasteiger partial charge is 0.396 e. The molecule has 0 aliphatic rings. The van der Waals surface area contributed by atoms with Gasteiger partial charge in [0.25, 0.3) is 0 Å². The van der Waals surface area contributed by atoms with Crippen molar-refractivity contribution in [3.05, 3.63) is 0 Å². The number of nitrogens with zero attached hydrogens (tertiary/aromatic N) is 5. The summed E-state index contributed by atoms with van der Waals surface area (Å²) in [6, 6.07) is 0. The van der Waals surface area contributed by atoms with Crippen LogP contribution in [0.1, 0.15) is 118 Å². The fraction of sp³-hybridized carbons (Fsp3) is 0.889. The van der Waals surface area contributed by atoms with Crippen LogP contribution in [0.15, 0.2) is 0 Å². The molecule has 1 heterocycles. The molecule has 0 saturated heterocycles. The lowest BCUT2D eigenvalue weighted by molar-refractivity contribution is 0.282. The quantitative estimate of drug-likeness (QED) is 0.175. The first kappa shape index (κ1) is 30.4. The van der Waals surface area contributed by atoms with Gasteiger partial charge in [-0.3, -0.25) is 0 Å². The average Bonchev–Trinajstić information content (AvgIpc) is 2.85. The van der Waals surface area contributed by atoms with Gasteiger partial charge in [0.1, 0.15) is 0 Å². The van der Waals surface area contributed by atoms with E-state index >= 15 is 0 Å². The van der Waals surface area contributed by atoms with Crippen molar-refractivity contribution >= 4 is 17.8 Å². The summed E-state index contributed by atoms with van der Waals surface area (Å²) in [5, 5.41) is 12.4. The fourth-order valence-electron chi connectivity index (χ4n) is 3.88. The lowest BCUT2D eigenvalue weighted by atomic mass is 10.1. The fourth-order valence-corrected chi connectivity index (χ4v) is 3.88. The molecule has 1 aromatic rings. The molecule has 0 fully saturated rings. The minimum absolute atomic E-state index is 0.312. The molecule has 0 bridgehead atoms. The first-order chi connectivity index (χ1) is 16.7. The van der Waals surface area contributed by atoms with Crippen LogP contribution < -0.4 is 15.1 Å². The third-order valence-electron chi connectivity index (χ3n) is 6.17. The zero-order chi connectivity index (χ0) is 24.9. The summed E-state index contributed by atoms with van der Waals surface area (Å²) >= 11 is 0. The summed E-state index contributed by atoms with van der Waals surface area (Å²) in [4.78, 5) is 19.5. The van der Waals surface area contributed by atoms with Gasteiger partial charge in [0.2, 0.25) is 17.8 Å². The molecule has 34 heavy (non-hydrogen) atoms. The Labute approximate surface area is 210 Å². The summed E-state index contributed by atoms with van der Waals surface area (Å²) in [7, 11) is 0. The van der Waals surface area contributed by atoms with E-state index in [2.05, 4.69) is 42.8 Å². The second kappa shape index (κ2) is 20.7. The van der Waals surface area contributed by atoms with Gasteiger partial charge in [0.15, 0.2) is 0 Å². The van der Waals surface area contributed by atoms with Gasteiger partial charge >= 0.3 is 0 Å². The van der Waals surface area contributed by atoms with Gasteiger partial charge in [-0.05, 0) is 38.5 Å².